The molecule has 1 aromatic carbocycles. The van der Waals surface area contributed by atoms with Crippen LogP contribution in [0.15, 0.2) is 24.3 Å². The van der Waals surface area contributed by atoms with Gasteiger partial charge in [-0.2, -0.15) is 0 Å². The van der Waals surface area contributed by atoms with Gasteiger partial charge in [0.25, 0.3) is 0 Å². The summed E-state index contributed by atoms with van der Waals surface area (Å²) in [6, 6.07) is 8.36. The standard InChI is InChI=1S/C8H10.C5H14N2/c1-7-5-3-4-6-8(7)2;1-2-4-7-5-3-6/h3-6H,1-2H3;7H,2-6H2,1H3. The van der Waals surface area contributed by atoms with Crippen molar-refractivity contribution in [1.29, 1.82) is 0 Å². The van der Waals surface area contributed by atoms with E-state index in [4.69, 9.17) is 5.73 Å². The van der Waals surface area contributed by atoms with Gasteiger partial charge in [0.1, 0.15) is 0 Å². The van der Waals surface area contributed by atoms with Gasteiger partial charge in [0.2, 0.25) is 0 Å². The molecule has 1 rings (SSSR count). The van der Waals surface area contributed by atoms with E-state index in [-0.39, 0.29) is 0 Å². The maximum Gasteiger partial charge on any atom is 0.00744 e. The third kappa shape index (κ3) is 8.16. The third-order valence-corrected chi connectivity index (χ3v) is 2.17. The fourth-order valence-corrected chi connectivity index (χ4v) is 1.07. The van der Waals surface area contributed by atoms with Gasteiger partial charge in [0, 0.05) is 13.1 Å². The summed E-state index contributed by atoms with van der Waals surface area (Å²) in [5.74, 6) is 0. The van der Waals surface area contributed by atoms with Crippen LogP contribution in [0, 0.1) is 13.8 Å². The summed E-state index contributed by atoms with van der Waals surface area (Å²) in [6.45, 7) is 9.18. The van der Waals surface area contributed by atoms with Crippen LogP contribution in [0.4, 0.5) is 0 Å². The first-order valence-corrected chi connectivity index (χ1v) is 5.65. The number of hydrogen-bond acceptors (Lipinski definition) is 2. The van der Waals surface area contributed by atoms with Gasteiger partial charge in [0.15, 0.2) is 0 Å². The molecule has 2 heteroatoms. The van der Waals surface area contributed by atoms with Gasteiger partial charge in [-0.3, -0.25) is 0 Å². The molecule has 0 bridgehead atoms. The van der Waals surface area contributed by atoms with Crippen LogP contribution < -0.4 is 11.1 Å². The summed E-state index contributed by atoms with van der Waals surface area (Å²) in [4.78, 5) is 0. The highest BCUT2D eigenvalue weighted by Crippen LogP contribution is 2.02. The molecule has 1 aromatic rings. The van der Waals surface area contributed by atoms with Gasteiger partial charge in [-0.1, -0.05) is 31.2 Å². The second kappa shape index (κ2) is 9.69. The predicted octanol–water partition coefficient (Wildman–Crippen LogP) is 2.25. The first-order valence-electron chi connectivity index (χ1n) is 5.65. The van der Waals surface area contributed by atoms with Crippen LogP contribution >= 0.6 is 0 Å². The molecule has 0 atom stereocenters. The maximum absolute atomic E-state index is 5.21. The number of aryl methyl sites for hydroxylation is 2. The number of hydrogen-bond donors (Lipinski definition) is 2. The molecule has 0 aliphatic rings. The number of nitrogens with one attached hydrogen (secondary N) is 1. The largest absolute Gasteiger partial charge is 0.329 e. The molecule has 0 amide bonds. The van der Waals surface area contributed by atoms with Crippen molar-refractivity contribution in [3.63, 3.8) is 0 Å². The molecule has 0 aromatic heterocycles. The summed E-state index contributed by atoms with van der Waals surface area (Å²) in [6.07, 6.45) is 1.19. The zero-order valence-electron chi connectivity index (χ0n) is 10.2. The Kier molecular flexibility index (Phi) is 9.13. The van der Waals surface area contributed by atoms with Crippen LogP contribution in [0.1, 0.15) is 24.5 Å². The minimum Gasteiger partial charge on any atom is -0.329 e. The lowest BCUT2D eigenvalue weighted by atomic mass is 10.1. The van der Waals surface area contributed by atoms with Crippen molar-refractivity contribution in [1.82, 2.24) is 5.32 Å². The van der Waals surface area contributed by atoms with Crippen molar-refractivity contribution in [2.24, 2.45) is 5.73 Å². The molecule has 0 aliphatic heterocycles. The molecule has 3 N–H and O–H groups in total. The van der Waals surface area contributed by atoms with Gasteiger partial charge < -0.3 is 11.1 Å². The first kappa shape index (κ1) is 14.1. The molecule has 0 saturated heterocycles. The van der Waals surface area contributed by atoms with Crippen LogP contribution in [-0.2, 0) is 0 Å². The summed E-state index contributed by atoms with van der Waals surface area (Å²) in [5.41, 5.74) is 7.94. The number of nitrogens with two attached hydrogens (primary N) is 1. The SMILES string of the molecule is CCCNCCN.Cc1ccccc1C. The lowest BCUT2D eigenvalue weighted by molar-refractivity contribution is 0.678. The lowest BCUT2D eigenvalue weighted by Crippen LogP contribution is -2.22. The highest BCUT2D eigenvalue weighted by Gasteiger charge is 1.83. The van der Waals surface area contributed by atoms with Crippen LogP contribution in [0.2, 0.25) is 0 Å². The zero-order chi connectivity index (χ0) is 11.5. The smallest absolute Gasteiger partial charge is 0.00744 e. The Morgan fingerprint density at radius 2 is 1.60 bits per heavy atom. The monoisotopic (exact) mass is 208 g/mol. The van der Waals surface area contributed by atoms with E-state index < -0.39 is 0 Å². The molecule has 15 heavy (non-hydrogen) atoms. The quantitative estimate of drug-likeness (QED) is 0.745. The average Bonchev–Trinajstić information content (AvgIpc) is 2.24. The van der Waals surface area contributed by atoms with Gasteiger partial charge in [0.05, 0.1) is 0 Å². The minimum atomic E-state index is 0.750. The Morgan fingerprint density at radius 3 is 1.93 bits per heavy atom. The average molecular weight is 208 g/mol. The van der Waals surface area contributed by atoms with Crippen LogP contribution in [0.3, 0.4) is 0 Å². The van der Waals surface area contributed by atoms with Crippen molar-refractivity contribution in [2.45, 2.75) is 27.2 Å². The summed E-state index contributed by atoms with van der Waals surface area (Å²) >= 11 is 0. The molecule has 0 aliphatic carbocycles. The van der Waals surface area contributed by atoms with Crippen molar-refractivity contribution >= 4 is 0 Å². The highest BCUT2D eigenvalue weighted by molar-refractivity contribution is 5.23. The molecule has 2 nitrogen and oxygen atoms in total. The Labute approximate surface area is 93.9 Å². The molecular formula is C13H24N2. The van der Waals surface area contributed by atoms with Crippen LogP contribution in [0.5, 0.6) is 0 Å². The van der Waals surface area contributed by atoms with Crippen molar-refractivity contribution in [3.05, 3.63) is 35.4 Å². The molecule has 0 unspecified atom stereocenters. The van der Waals surface area contributed by atoms with E-state index in [1.807, 2.05) is 0 Å². The second-order valence-electron chi connectivity index (χ2n) is 3.62. The van der Waals surface area contributed by atoms with E-state index >= 15 is 0 Å². The maximum atomic E-state index is 5.21. The van der Waals surface area contributed by atoms with Crippen molar-refractivity contribution < 1.29 is 0 Å². The Hall–Kier alpha value is -0.860. The highest BCUT2D eigenvalue weighted by atomic mass is 14.9. The molecule has 86 valence electrons. The molecule has 0 radical (unpaired) electrons. The molecular weight excluding hydrogens is 184 g/mol. The van der Waals surface area contributed by atoms with E-state index in [0.717, 1.165) is 19.6 Å². The summed E-state index contributed by atoms with van der Waals surface area (Å²) in [5, 5.41) is 3.16. The Bertz CT molecular complexity index is 221. The van der Waals surface area contributed by atoms with E-state index in [2.05, 4.69) is 50.4 Å². The topological polar surface area (TPSA) is 38.0 Å². The van der Waals surface area contributed by atoms with Crippen molar-refractivity contribution in [3.8, 4) is 0 Å². The zero-order valence-corrected chi connectivity index (χ0v) is 10.2. The normalized spacial score (nSPS) is 9.33. The van der Waals surface area contributed by atoms with Gasteiger partial charge in [-0.15, -0.1) is 0 Å². The van der Waals surface area contributed by atoms with Crippen LogP contribution in [0.25, 0.3) is 0 Å². The summed E-state index contributed by atoms with van der Waals surface area (Å²) in [7, 11) is 0. The predicted molar refractivity (Wildman–Crippen MR) is 68.1 cm³/mol. The third-order valence-electron chi connectivity index (χ3n) is 2.17. The second-order valence-corrected chi connectivity index (χ2v) is 3.62. The number of rotatable bonds is 4. The van der Waals surface area contributed by atoms with Crippen molar-refractivity contribution in [2.75, 3.05) is 19.6 Å². The van der Waals surface area contributed by atoms with E-state index in [1.54, 1.807) is 0 Å². The first-order chi connectivity index (χ1) is 7.22. The van der Waals surface area contributed by atoms with Gasteiger partial charge in [-0.25, -0.2) is 0 Å². The van der Waals surface area contributed by atoms with Gasteiger partial charge in [-0.05, 0) is 37.9 Å². The molecule has 0 fully saturated rings. The van der Waals surface area contributed by atoms with E-state index in [0.29, 0.717) is 0 Å². The number of benzene rings is 1. The minimum absolute atomic E-state index is 0.750. The summed E-state index contributed by atoms with van der Waals surface area (Å²) < 4.78 is 0. The van der Waals surface area contributed by atoms with Gasteiger partial charge >= 0.3 is 0 Å². The van der Waals surface area contributed by atoms with E-state index in [9.17, 15) is 0 Å². The Balaban J connectivity index is 0.000000265. The Morgan fingerprint density at radius 1 is 1.07 bits per heavy atom. The fraction of sp³-hybridized carbons (Fsp3) is 0.538. The van der Waals surface area contributed by atoms with E-state index in [1.165, 1.54) is 17.5 Å². The van der Waals surface area contributed by atoms with Crippen LogP contribution in [-0.4, -0.2) is 19.6 Å². The lowest BCUT2D eigenvalue weighted by Gasteiger charge is -1.95. The molecule has 0 heterocycles. The fourth-order valence-electron chi connectivity index (χ4n) is 1.07. The molecule has 0 saturated carbocycles. The molecule has 0 spiro atoms.